The number of hydrazine groups is 1. The monoisotopic (exact) mass is 218 g/mol. The van der Waals surface area contributed by atoms with Crippen LogP contribution in [0.1, 0.15) is 27.2 Å². The fourth-order valence-electron chi connectivity index (χ4n) is 0.882. The van der Waals surface area contributed by atoms with Crippen molar-refractivity contribution < 1.29 is 0 Å². The van der Waals surface area contributed by atoms with Crippen molar-refractivity contribution in [3.63, 3.8) is 0 Å². The van der Waals surface area contributed by atoms with Crippen molar-refractivity contribution >= 4 is 17.7 Å². The second-order valence-electron chi connectivity index (χ2n) is 3.51. The quantitative estimate of drug-likeness (QED) is 0.278. The molecule has 0 fully saturated rings. The van der Waals surface area contributed by atoms with Gasteiger partial charge in [-0.1, -0.05) is 6.92 Å². The molecule has 4 nitrogen and oxygen atoms in total. The lowest BCUT2D eigenvalue weighted by Crippen LogP contribution is -2.44. The molecule has 0 radical (unpaired) electrons. The maximum atomic E-state index is 5.32. The Kier molecular flexibility index (Phi) is 7.70. The minimum absolute atomic E-state index is 0.350. The Morgan fingerprint density at radius 3 is 2.50 bits per heavy atom. The van der Waals surface area contributed by atoms with E-state index < -0.39 is 0 Å². The Hall–Kier alpha value is -0.420. The van der Waals surface area contributed by atoms with E-state index in [9.17, 15) is 0 Å². The Morgan fingerprint density at radius 1 is 1.43 bits per heavy atom. The van der Waals surface area contributed by atoms with E-state index in [-0.39, 0.29) is 0 Å². The second-order valence-corrected chi connectivity index (χ2v) is 4.78. The maximum absolute atomic E-state index is 5.32. The molecular formula is C9H22N4S. The standard InChI is InChI=1S/C9H22N4S/c1-7(2)12-9(13-10)11-6-5-8(3)14-4/h7-8H,5-6,10H2,1-4H3,(H2,11,12,13). The van der Waals surface area contributed by atoms with E-state index in [2.05, 4.69) is 42.8 Å². The zero-order chi connectivity index (χ0) is 11.0. The van der Waals surface area contributed by atoms with Crippen LogP contribution in [0.5, 0.6) is 0 Å². The van der Waals surface area contributed by atoms with E-state index in [0.717, 1.165) is 13.0 Å². The Bertz CT molecular complexity index is 170. The summed E-state index contributed by atoms with van der Waals surface area (Å²) >= 11 is 1.86. The van der Waals surface area contributed by atoms with E-state index in [1.165, 1.54) is 0 Å². The molecule has 5 heteroatoms. The molecular weight excluding hydrogens is 196 g/mol. The van der Waals surface area contributed by atoms with Gasteiger partial charge in [0.05, 0.1) is 0 Å². The van der Waals surface area contributed by atoms with Crippen LogP contribution in [-0.4, -0.2) is 30.1 Å². The third-order valence-electron chi connectivity index (χ3n) is 1.77. The minimum Gasteiger partial charge on any atom is -0.353 e. The molecule has 0 heterocycles. The fourth-order valence-corrected chi connectivity index (χ4v) is 1.22. The van der Waals surface area contributed by atoms with Crippen molar-refractivity contribution in [3.05, 3.63) is 0 Å². The van der Waals surface area contributed by atoms with Crippen LogP contribution < -0.4 is 16.6 Å². The molecule has 14 heavy (non-hydrogen) atoms. The molecule has 0 aromatic heterocycles. The lowest BCUT2D eigenvalue weighted by molar-refractivity contribution is 0.698. The van der Waals surface area contributed by atoms with Crippen LogP contribution in [0.25, 0.3) is 0 Å². The smallest absolute Gasteiger partial charge is 0.205 e. The number of hydrogen-bond acceptors (Lipinski definition) is 3. The molecule has 0 aromatic rings. The highest BCUT2D eigenvalue weighted by molar-refractivity contribution is 7.99. The summed E-state index contributed by atoms with van der Waals surface area (Å²) in [6, 6.07) is 0.350. The normalized spacial score (nSPS) is 14.3. The Balaban J connectivity index is 3.80. The SMILES string of the molecule is CSC(C)CCN=C(NN)NC(C)C. The van der Waals surface area contributed by atoms with Gasteiger partial charge in [-0.25, -0.2) is 5.84 Å². The second kappa shape index (κ2) is 7.94. The van der Waals surface area contributed by atoms with E-state index in [4.69, 9.17) is 5.84 Å². The van der Waals surface area contributed by atoms with E-state index in [1.807, 2.05) is 11.8 Å². The van der Waals surface area contributed by atoms with Crippen LogP contribution in [0.3, 0.4) is 0 Å². The number of guanidine groups is 1. The average molecular weight is 218 g/mol. The van der Waals surface area contributed by atoms with Gasteiger partial charge in [0.25, 0.3) is 0 Å². The van der Waals surface area contributed by atoms with Crippen LogP contribution in [0.4, 0.5) is 0 Å². The predicted molar refractivity (Wildman–Crippen MR) is 65.5 cm³/mol. The summed E-state index contributed by atoms with van der Waals surface area (Å²) in [4.78, 5) is 4.33. The van der Waals surface area contributed by atoms with E-state index in [0.29, 0.717) is 17.3 Å². The molecule has 0 aliphatic rings. The highest BCUT2D eigenvalue weighted by atomic mass is 32.2. The van der Waals surface area contributed by atoms with Gasteiger partial charge in [0.1, 0.15) is 0 Å². The molecule has 0 spiro atoms. The number of hydrogen-bond donors (Lipinski definition) is 3. The molecule has 1 unspecified atom stereocenters. The van der Waals surface area contributed by atoms with Crippen molar-refractivity contribution in [2.45, 2.75) is 38.5 Å². The van der Waals surface area contributed by atoms with E-state index >= 15 is 0 Å². The van der Waals surface area contributed by atoms with Crippen LogP contribution in [0, 0.1) is 0 Å². The predicted octanol–water partition coefficient (Wildman–Crippen LogP) is 0.945. The van der Waals surface area contributed by atoms with Crippen LogP contribution >= 0.6 is 11.8 Å². The van der Waals surface area contributed by atoms with Gasteiger partial charge in [0.15, 0.2) is 0 Å². The molecule has 0 aromatic carbocycles. The summed E-state index contributed by atoms with van der Waals surface area (Å²) in [5, 5.41) is 3.78. The first-order chi connectivity index (χ1) is 6.60. The third kappa shape index (κ3) is 7.03. The van der Waals surface area contributed by atoms with Crippen LogP contribution in [0.2, 0.25) is 0 Å². The van der Waals surface area contributed by atoms with Gasteiger partial charge in [0.2, 0.25) is 5.96 Å². The van der Waals surface area contributed by atoms with Crippen LogP contribution in [0.15, 0.2) is 4.99 Å². The highest BCUT2D eigenvalue weighted by Crippen LogP contribution is 2.08. The summed E-state index contributed by atoms with van der Waals surface area (Å²) in [6.07, 6.45) is 3.19. The number of nitrogens with two attached hydrogens (primary N) is 1. The maximum Gasteiger partial charge on any atom is 0.205 e. The van der Waals surface area contributed by atoms with Crippen molar-refractivity contribution in [3.8, 4) is 0 Å². The van der Waals surface area contributed by atoms with Gasteiger partial charge in [-0.15, -0.1) is 0 Å². The van der Waals surface area contributed by atoms with Gasteiger partial charge in [-0.05, 0) is 26.5 Å². The summed E-state index contributed by atoms with van der Waals surface area (Å²) in [5.41, 5.74) is 2.56. The van der Waals surface area contributed by atoms with Gasteiger partial charge in [-0.2, -0.15) is 11.8 Å². The van der Waals surface area contributed by atoms with Crippen molar-refractivity contribution in [2.75, 3.05) is 12.8 Å². The Morgan fingerprint density at radius 2 is 2.07 bits per heavy atom. The van der Waals surface area contributed by atoms with Gasteiger partial charge in [0, 0.05) is 17.8 Å². The molecule has 0 rings (SSSR count). The first kappa shape index (κ1) is 13.6. The molecule has 84 valence electrons. The van der Waals surface area contributed by atoms with Crippen LogP contribution in [-0.2, 0) is 0 Å². The first-order valence-corrected chi connectivity index (χ1v) is 6.19. The van der Waals surface area contributed by atoms with E-state index in [1.54, 1.807) is 0 Å². The summed E-state index contributed by atoms with van der Waals surface area (Å²) in [5.74, 6) is 6.00. The molecule has 0 saturated carbocycles. The van der Waals surface area contributed by atoms with Gasteiger partial charge >= 0.3 is 0 Å². The highest BCUT2D eigenvalue weighted by Gasteiger charge is 2.00. The van der Waals surface area contributed by atoms with Gasteiger partial charge < -0.3 is 5.32 Å². The largest absolute Gasteiger partial charge is 0.353 e. The lowest BCUT2D eigenvalue weighted by atomic mass is 10.3. The molecule has 0 saturated heterocycles. The third-order valence-corrected chi connectivity index (χ3v) is 2.81. The molecule has 1 atom stereocenters. The fraction of sp³-hybridized carbons (Fsp3) is 0.889. The summed E-state index contributed by atoms with van der Waals surface area (Å²) in [7, 11) is 0. The Labute approximate surface area is 91.1 Å². The minimum atomic E-state index is 0.350. The summed E-state index contributed by atoms with van der Waals surface area (Å²) < 4.78 is 0. The van der Waals surface area contributed by atoms with Crippen molar-refractivity contribution in [1.29, 1.82) is 0 Å². The topological polar surface area (TPSA) is 62.4 Å². The zero-order valence-corrected chi connectivity index (χ0v) is 10.3. The van der Waals surface area contributed by atoms with Gasteiger partial charge in [-0.3, -0.25) is 10.4 Å². The number of thioether (sulfide) groups is 1. The summed E-state index contributed by atoms with van der Waals surface area (Å²) in [6.45, 7) is 7.11. The number of nitrogens with zero attached hydrogens (tertiary/aromatic N) is 1. The molecule has 0 amide bonds. The molecule has 4 N–H and O–H groups in total. The number of aliphatic imine (C=N–C) groups is 1. The molecule has 0 aliphatic heterocycles. The van der Waals surface area contributed by atoms with Crippen molar-refractivity contribution in [1.82, 2.24) is 10.7 Å². The lowest BCUT2D eigenvalue weighted by Gasteiger charge is -2.12. The molecule has 0 aliphatic carbocycles. The number of nitrogens with one attached hydrogen (secondary N) is 2. The average Bonchev–Trinajstić information content (AvgIpc) is 2.15. The van der Waals surface area contributed by atoms with Crippen molar-refractivity contribution in [2.24, 2.45) is 10.8 Å². The first-order valence-electron chi connectivity index (χ1n) is 4.90. The number of rotatable bonds is 5. The molecule has 0 bridgehead atoms. The zero-order valence-electron chi connectivity index (χ0n) is 9.50.